The van der Waals surface area contributed by atoms with Crippen molar-refractivity contribution in [1.82, 2.24) is 9.88 Å². The van der Waals surface area contributed by atoms with Crippen molar-refractivity contribution in [3.63, 3.8) is 0 Å². The predicted octanol–water partition coefficient (Wildman–Crippen LogP) is 4.11. The maximum Gasteiger partial charge on any atom is 0.410 e. The average molecular weight is 391 g/mol. The summed E-state index contributed by atoms with van der Waals surface area (Å²) in [5.41, 5.74) is -0.777. The van der Waals surface area contributed by atoms with E-state index in [4.69, 9.17) is 27.9 Å². The van der Waals surface area contributed by atoms with Crippen molar-refractivity contribution in [2.45, 2.75) is 45.3 Å². The second-order valence-corrected chi connectivity index (χ2v) is 7.54. The average Bonchev–Trinajstić information content (AvgIpc) is 2.49. The van der Waals surface area contributed by atoms with Gasteiger partial charge in [0.15, 0.2) is 5.15 Å². The monoisotopic (exact) mass is 390 g/mol. The molecule has 0 radical (unpaired) electrons. The lowest BCUT2D eigenvalue weighted by Crippen LogP contribution is -2.44. The van der Waals surface area contributed by atoms with Gasteiger partial charge in [0.1, 0.15) is 5.60 Å². The largest absolute Gasteiger partial charge is 0.444 e. The molecule has 10 heteroatoms. The number of pyridine rings is 1. The molecule has 138 valence electrons. The third-order valence-electron chi connectivity index (χ3n) is 3.60. The Morgan fingerprint density at radius 2 is 2.00 bits per heavy atom. The van der Waals surface area contributed by atoms with E-state index in [9.17, 15) is 14.9 Å². The Morgan fingerprint density at radius 1 is 1.40 bits per heavy atom. The molecule has 1 amide bonds. The van der Waals surface area contributed by atoms with Crippen molar-refractivity contribution in [1.29, 1.82) is 0 Å². The minimum absolute atomic E-state index is 0.000887. The Bertz CT molecular complexity index is 670. The molecule has 0 bridgehead atoms. The highest BCUT2D eigenvalue weighted by atomic mass is 35.5. The van der Waals surface area contributed by atoms with Gasteiger partial charge in [-0.25, -0.2) is 9.78 Å². The molecule has 2 rings (SSSR count). The van der Waals surface area contributed by atoms with Gasteiger partial charge in [0, 0.05) is 25.2 Å². The number of hydrogen-bond donors (Lipinski definition) is 1. The number of anilines is 1. The highest BCUT2D eigenvalue weighted by molar-refractivity contribution is 6.41. The zero-order valence-electron chi connectivity index (χ0n) is 14.2. The van der Waals surface area contributed by atoms with Crippen molar-refractivity contribution in [3.8, 4) is 0 Å². The summed E-state index contributed by atoms with van der Waals surface area (Å²) in [5, 5.41) is 14.2. The van der Waals surface area contributed by atoms with Crippen LogP contribution in [0.15, 0.2) is 6.07 Å². The van der Waals surface area contributed by atoms with E-state index >= 15 is 0 Å². The van der Waals surface area contributed by atoms with Crippen molar-refractivity contribution in [3.05, 3.63) is 26.4 Å². The zero-order valence-corrected chi connectivity index (χ0v) is 15.7. The first kappa shape index (κ1) is 19.5. The first-order valence-electron chi connectivity index (χ1n) is 7.81. The Morgan fingerprint density at radius 3 is 2.52 bits per heavy atom. The number of carbonyl (C=O) groups excluding carboxylic acids is 1. The van der Waals surface area contributed by atoms with Crippen LogP contribution in [0.3, 0.4) is 0 Å². The summed E-state index contributed by atoms with van der Waals surface area (Å²) in [5.74, 6) is 0.0788. The summed E-state index contributed by atoms with van der Waals surface area (Å²) >= 11 is 11.7. The standard InChI is InChI=1S/C15H20Cl2N4O4/c1-15(2,3)25-14(22)20-6-4-9(5-7-20)18-13-11(21(23)24)8-10(16)12(17)19-13/h8-9H,4-7H2,1-3H3,(H,18,19). The van der Waals surface area contributed by atoms with Crippen LogP contribution in [0.1, 0.15) is 33.6 Å². The fourth-order valence-corrected chi connectivity index (χ4v) is 2.71. The van der Waals surface area contributed by atoms with Crippen molar-refractivity contribution in [2.75, 3.05) is 18.4 Å². The van der Waals surface area contributed by atoms with Gasteiger partial charge in [0.05, 0.1) is 9.95 Å². The molecule has 0 unspecified atom stereocenters. The van der Waals surface area contributed by atoms with Gasteiger partial charge in [0.25, 0.3) is 0 Å². The second-order valence-electron chi connectivity index (χ2n) is 6.77. The fraction of sp³-hybridized carbons (Fsp3) is 0.600. The number of nitrogens with one attached hydrogen (secondary N) is 1. The van der Waals surface area contributed by atoms with Gasteiger partial charge < -0.3 is 15.0 Å². The van der Waals surface area contributed by atoms with E-state index in [1.165, 1.54) is 6.07 Å². The number of amides is 1. The molecular weight excluding hydrogens is 371 g/mol. The van der Waals surface area contributed by atoms with Crippen LogP contribution in [0.25, 0.3) is 0 Å². The van der Waals surface area contributed by atoms with E-state index in [1.807, 2.05) is 20.8 Å². The number of nitro groups is 1. The maximum absolute atomic E-state index is 12.1. The van der Waals surface area contributed by atoms with Crippen LogP contribution in [0.5, 0.6) is 0 Å². The molecule has 1 saturated heterocycles. The van der Waals surface area contributed by atoms with Crippen LogP contribution < -0.4 is 5.32 Å². The van der Waals surface area contributed by atoms with Crippen molar-refractivity contribution < 1.29 is 14.5 Å². The summed E-state index contributed by atoms with van der Waals surface area (Å²) in [6, 6.07) is 1.11. The van der Waals surface area contributed by atoms with Gasteiger partial charge in [-0.3, -0.25) is 10.1 Å². The van der Waals surface area contributed by atoms with E-state index in [-0.39, 0.29) is 33.8 Å². The van der Waals surface area contributed by atoms with E-state index in [0.29, 0.717) is 25.9 Å². The first-order valence-corrected chi connectivity index (χ1v) is 8.57. The van der Waals surface area contributed by atoms with E-state index < -0.39 is 10.5 Å². The first-order chi connectivity index (χ1) is 11.6. The lowest BCUT2D eigenvalue weighted by molar-refractivity contribution is -0.384. The third-order valence-corrected chi connectivity index (χ3v) is 4.27. The van der Waals surface area contributed by atoms with Crippen molar-refractivity contribution in [2.24, 2.45) is 0 Å². The molecule has 8 nitrogen and oxygen atoms in total. The number of hydrogen-bond acceptors (Lipinski definition) is 6. The molecule has 0 aliphatic carbocycles. The lowest BCUT2D eigenvalue weighted by atomic mass is 10.1. The van der Waals surface area contributed by atoms with Crippen LogP contribution >= 0.6 is 23.2 Å². The van der Waals surface area contributed by atoms with Crippen LogP contribution in [0.4, 0.5) is 16.3 Å². The molecule has 1 aromatic rings. The highest BCUT2D eigenvalue weighted by Crippen LogP contribution is 2.32. The molecule has 1 aromatic heterocycles. The second kappa shape index (κ2) is 7.61. The van der Waals surface area contributed by atoms with Gasteiger partial charge in [0.2, 0.25) is 5.82 Å². The number of carbonyl (C=O) groups is 1. The van der Waals surface area contributed by atoms with Gasteiger partial charge in [-0.15, -0.1) is 0 Å². The molecular formula is C15H20Cl2N4O4. The van der Waals surface area contributed by atoms with Crippen LogP contribution in [-0.2, 0) is 4.74 Å². The lowest BCUT2D eigenvalue weighted by Gasteiger charge is -2.33. The maximum atomic E-state index is 12.1. The molecule has 1 aliphatic rings. The Balaban J connectivity index is 2.00. The molecule has 2 heterocycles. The number of likely N-dealkylation sites (tertiary alicyclic amines) is 1. The van der Waals surface area contributed by atoms with Crippen LogP contribution in [-0.4, -0.2) is 45.6 Å². The summed E-state index contributed by atoms with van der Waals surface area (Å²) in [4.78, 5) is 28.2. The topological polar surface area (TPSA) is 97.6 Å². The Labute approximate surface area is 155 Å². The van der Waals surface area contributed by atoms with E-state index in [2.05, 4.69) is 10.3 Å². The Kier molecular flexibility index (Phi) is 5.95. The number of aromatic nitrogens is 1. The highest BCUT2D eigenvalue weighted by Gasteiger charge is 2.28. The molecule has 0 saturated carbocycles. The number of rotatable bonds is 3. The van der Waals surface area contributed by atoms with E-state index in [0.717, 1.165) is 0 Å². The molecule has 0 atom stereocenters. The molecule has 1 aliphatic heterocycles. The molecule has 1 fully saturated rings. The summed E-state index contributed by atoms with van der Waals surface area (Å²) in [6.45, 7) is 6.42. The van der Waals surface area contributed by atoms with Crippen LogP contribution in [0.2, 0.25) is 10.2 Å². The van der Waals surface area contributed by atoms with Gasteiger partial charge >= 0.3 is 11.8 Å². The third kappa shape index (κ3) is 5.34. The number of piperidine rings is 1. The summed E-state index contributed by atoms with van der Waals surface area (Å²) in [6.07, 6.45) is 0.862. The molecule has 0 spiro atoms. The van der Waals surface area contributed by atoms with Gasteiger partial charge in [-0.2, -0.15) is 0 Å². The van der Waals surface area contributed by atoms with Crippen molar-refractivity contribution >= 4 is 40.8 Å². The zero-order chi connectivity index (χ0) is 18.8. The van der Waals surface area contributed by atoms with E-state index in [1.54, 1.807) is 4.90 Å². The normalized spacial score (nSPS) is 15.8. The minimum Gasteiger partial charge on any atom is -0.444 e. The quantitative estimate of drug-likeness (QED) is 0.473. The summed E-state index contributed by atoms with van der Waals surface area (Å²) in [7, 11) is 0. The number of halogens is 2. The Hall–Kier alpha value is -1.80. The fourth-order valence-electron chi connectivity index (χ4n) is 2.43. The smallest absolute Gasteiger partial charge is 0.410 e. The van der Waals surface area contributed by atoms with Gasteiger partial charge in [-0.05, 0) is 33.6 Å². The summed E-state index contributed by atoms with van der Waals surface area (Å²) < 4.78 is 5.34. The van der Waals surface area contributed by atoms with Gasteiger partial charge in [-0.1, -0.05) is 23.2 Å². The molecule has 1 N–H and O–H groups in total. The minimum atomic E-state index is -0.562. The molecule has 0 aromatic carbocycles. The SMILES string of the molecule is CC(C)(C)OC(=O)N1CCC(Nc2nc(Cl)c(Cl)cc2[N+](=O)[O-])CC1. The predicted molar refractivity (Wildman–Crippen MR) is 95.4 cm³/mol. The molecule has 25 heavy (non-hydrogen) atoms. The number of ether oxygens (including phenoxy) is 1. The van der Waals surface area contributed by atoms with Crippen LogP contribution in [0, 0.1) is 10.1 Å². The number of nitrogens with zero attached hydrogens (tertiary/aromatic N) is 3.